The van der Waals surface area contributed by atoms with E-state index in [1.165, 1.54) is 6.92 Å². The molecule has 0 saturated heterocycles. The van der Waals surface area contributed by atoms with Gasteiger partial charge in [-0.2, -0.15) is 12.6 Å². The van der Waals surface area contributed by atoms with E-state index in [9.17, 15) is 9.59 Å². The Kier molecular flexibility index (Phi) is 4.26. The Morgan fingerprint density at radius 2 is 2.08 bits per heavy atom. The quantitative estimate of drug-likeness (QED) is 0.567. The van der Waals surface area contributed by atoms with Gasteiger partial charge in [0.2, 0.25) is 11.8 Å². The van der Waals surface area contributed by atoms with Gasteiger partial charge < -0.3 is 11.1 Å². The summed E-state index contributed by atoms with van der Waals surface area (Å²) in [5.74, 6) is -0.841. The lowest BCUT2D eigenvalue weighted by Crippen LogP contribution is -2.54. The first-order valence-electron chi connectivity index (χ1n) is 4.10. The summed E-state index contributed by atoms with van der Waals surface area (Å²) in [7, 11) is 0. The SMILES string of the molecule is CCC(C)(S)C(NC(C)=O)C(N)=O. The number of carbonyl (C=O) groups excluding carboxylic acids is 2. The van der Waals surface area contributed by atoms with Crippen molar-refractivity contribution in [3.8, 4) is 0 Å². The number of nitrogens with two attached hydrogens (primary N) is 1. The average molecular weight is 204 g/mol. The van der Waals surface area contributed by atoms with Crippen LogP contribution in [0.1, 0.15) is 27.2 Å². The number of rotatable bonds is 4. The van der Waals surface area contributed by atoms with E-state index in [1.807, 2.05) is 6.92 Å². The van der Waals surface area contributed by atoms with Crippen LogP contribution in [-0.2, 0) is 9.59 Å². The van der Waals surface area contributed by atoms with E-state index in [-0.39, 0.29) is 5.91 Å². The number of thiol groups is 1. The predicted octanol–water partition coefficient (Wildman–Crippen LogP) is 0.0749. The lowest BCUT2D eigenvalue weighted by atomic mass is 9.97. The lowest BCUT2D eigenvalue weighted by molar-refractivity contribution is -0.126. The van der Waals surface area contributed by atoms with E-state index in [2.05, 4.69) is 17.9 Å². The van der Waals surface area contributed by atoms with Gasteiger partial charge >= 0.3 is 0 Å². The molecule has 2 amide bonds. The van der Waals surface area contributed by atoms with Crippen LogP contribution in [0.25, 0.3) is 0 Å². The summed E-state index contributed by atoms with van der Waals surface area (Å²) in [5.41, 5.74) is 5.14. The number of hydrogen-bond donors (Lipinski definition) is 3. The molecule has 0 aromatic rings. The van der Waals surface area contributed by atoms with Crippen molar-refractivity contribution >= 4 is 24.4 Å². The maximum Gasteiger partial charge on any atom is 0.241 e. The highest BCUT2D eigenvalue weighted by atomic mass is 32.1. The number of carbonyl (C=O) groups is 2. The number of primary amides is 1. The highest BCUT2D eigenvalue weighted by Gasteiger charge is 2.33. The normalized spacial score (nSPS) is 17.2. The fraction of sp³-hybridized carbons (Fsp3) is 0.750. The molecule has 0 aromatic heterocycles. The van der Waals surface area contributed by atoms with Gasteiger partial charge in [0.15, 0.2) is 0 Å². The molecule has 0 heterocycles. The fourth-order valence-corrected chi connectivity index (χ4v) is 1.13. The van der Waals surface area contributed by atoms with Crippen molar-refractivity contribution in [2.24, 2.45) is 5.73 Å². The molecule has 4 nitrogen and oxygen atoms in total. The van der Waals surface area contributed by atoms with Gasteiger partial charge in [-0.1, -0.05) is 6.92 Å². The largest absolute Gasteiger partial charge is 0.368 e. The van der Waals surface area contributed by atoms with Gasteiger partial charge in [0.25, 0.3) is 0 Å². The second-order valence-electron chi connectivity index (χ2n) is 3.25. The number of amides is 2. The molecular formula is C8H16N2O2S. The summed E-state index contributed by atoms with van der Waals surface area (Å²) in [6, 6.07) is -0.724. The minimum absolute atomic E-state index is 0.280. The van der Waals surface area contributed by atoms with Crippen molar-refractivity contribution in [1.29, 1.82) is 0 Å². The first-order chi connectivity index (χ1) is 5.81. The van der Waals surface area contributed by atoms with Crippen LogP contribution >= 0.6 is 12.6 Å². The number of hydrogen-bond acceptors (Lipinski definition) is 3. The summed E-state index contributed by atoms with van der Waals surface area (Å²) >= 11 is 4.28. The molecule has 0 aromatic carbocycles. The molecule has 13 heavy (non-hydrogen) atoms. The molecule has 0 fully saturated rings. The average Bonchev–Trinajstić information content (AvgIpc) is 1.99. The summed E-state index contributed by atoms with van der Waals surface area (Å²) in [6.45, 7) is 4.99. The third kappa shape index (κ3) is 3.67. The zero-order valence-electron chi connectivity index (χ0n) is 8.13. The standard InChI is InChI=1S/C8H16N2O2S/c1-4-8(3,13)6(7(9)12)10-5(2)11/h6,13H,4H2,1-3H3,(H2,9,12)(H,10,11). The predicted molar refractivity (Wildman–Crippen MR) is 54.5 cm³/mol. The van der Waals surface area contributed by atoms with E-state index in [4.69, 9.17) is 5.73 Å². The van der Waals surface area contributed by atoms with E-state index < -0.39 is 16.7 Å². The molecule has 5 heteroatoms. The van der Waals surface area contributed by atoms with E-state index in [1.54, 1.807) is 6.92 Å². The summed E-state index contributed by atoms with van der Waals surface area (Å²) in [4.78, 5) is 21.8. The van der Waals surface area contributed by atoms with Gasteiger partial charge in [-0.15, -0.1) is 0 Å². The van der Waals surface area contributed by atoms with E-state index in [0.717, 1.165) is 0 Å². The summed E-state index contributed by atoms with van der Waals surface area (Å²) < 4.78 is -0.600. The van der Waals surface area contributed by atoms with Crippen LogP contribution < -0.4 is 11.1 Å². The van der Waals surface area contributed by atoms with Crippen LogP contribution in [0.4, 0.5) is 0 Å². The molecule has 2 unspecified atom stereocenters. The zero-order valence-corrected chi connectivity index (χ0v) is 9.02. The van der Waals surface area contributed by atoms with Crippen LogP contribution in [0.3, 0.4) is 0 Å². The molecule has 0 rings (SSSR count). The molecule has 0 aliphatic heterocycles. The van der Waals surface area contributed by atoms with Crippen LogP contribution in [0.2, 0.25) is 0 Å². The molecule has 76 valence electrons. The zero-order chi connectivity index (χ0) is 10.6. The minimum Gasteiger partial charge on any atom is -0.368 e. The number of nitrogens with one attached hydrogen (secondary N) is 1. The Morgan fingerprint density at radius 1 is 1.62 bits per heavy atom. The third-order valence-corrected chi connectivity index (χ3v) is 2.54. The van der Waals surface area contributed by atoms with E-state index in [0.29, 0.717) is 6.42 Å². The van der Waals surface area contributed by atoms with Gasteiger partial charge in [0, 0.05) is 11.7 Å². The summed E-state index contributed by atoms with van der Waals surface area (Å²) in [6.07, 6.45) is 0.643. The second-order valence-corrected chi connectivity index (χ2v) is 4.27. The Labute approximate surface area is 83.7 Å². The van der Waals surface area contributed by atoms with Crippen molar-refractivity contribution in [3.63, 3.8) is 0 Å². The van der Waals surface area contributed by atoms with Gasteiger partial charge in [0.05, 0.1) is 0 Å². The molecule has 0 saturated carbocycles. The fourth-order valence-electron chi connectivity index (χ4n) is 0.940. The van der Waals surface area contributed by atoms with Crippen LogP contribution in [0, 0.1) is 0 Å². The third-order valence-electron chi connectivity index (χ3n) is 1.97. The highest BCUT2D eigenvalue weighted by molar-refractivity contribution is 7.81. The Hall–Kier alpha value is -0.710. The lowest BCUT2D eigenvalue weighted by Gasteiger charge is -2.30. The molecule has 0 aliphatic carbocycles. The maximum absolute atomic E-state index is 11.0. The molecule has 3 N–H and O–H groups in total. The van der Waals surface area contributed by atoms with Crippen molar-refractivity contribution in [2.45, 2.75) is 38.0 Å². The Balaban J connectivity index is 4.60. The molecule has 0 spiro atoms. The van der Waals surface area contributed by atoms with Crippen LogP contribution in [0.15, 0.2) is 0 Å². The van der Waals surface area contributed by atoms with Crippen molar-refractivity contribution in [3.05, 3.63) is 0 Å². The first-order valence-corrected chi connectivity index (χ1v) is 4.54. The first kappa shape index (κ1) is 12.3. The summed E-state index contributed by atoms with van der Waals surface area (Å²) in [5, 5.41) is 2.48. The van der Waals surface area contributed by atoms with Gasteiger partial charge in [0.1, 0.15) is 6.04 Å². The van der Waals surface area contributed by atoms with Crippen molar-refractivity contribution < 1.29 is 9.59 Å². The topological polar surface area (TPSA) is 72.2 Å². The van der Waals surface area contributed by atoms with Gasteiger partial charge in [-0.3, -0.25) is 9.59 Å². The van der Waals surface area contributed by atoms with E-state index >= 15 is 0 Å². The van der Waals surface area contributed by atoms with Gasteiger partial charge in [-0.05, 0) is 13.3 Å². The Bertz CT molecular complexity index is 216. The molecule has 0 aliphatic rings. The highest BCUT2D eigenvalue weighted by Crippen LogP contribution is 2.22. The van der Waals surface area contributed by atoms with Crippen molar-refractivity contribution in [1.82, 2.24) is 5.32 Å². The molecule has 0 bridgehead atoms. The second kappa shape index (κ2) is 4.50. The minimum atomic E-state index is -0.724. The smallest absolute Gasteiger partial charge is 0.241 e. The van der Waals surface area contributed by atoms with Crippen LogP contribution in [0.5, 0.6) is 0 Å². The molecule has 2 atom stereocenters. The maximum atomic E-state index is 11.0. The van der Waals surface area contributed by atoms with Gasteiger partial charge in [-0.25, -0.2) is 0 Å². The Morgan fingerprint density at radius 3 is 2.31 bits per heavy atom. The van der Waals surface area contributed by atoms with Crippen molar-refractivity contribution in [2.75, 3.05) is 0 Å². The monoisotopic (exact) mass is 204 g/mol. The van der Waals surface area contributed by atoms with Crippen LogP contribution in [-0.4, -0.2) is 22.6 Å². The molecule has 0 radical (unpaired) electrons. The molecular weight excluding hydrogens is 188 g/mol.